The van der Waals surface area contributed by atoms with Crippen molar-refractivity contribution in [2.45, 2.75) is 72.3 Å². The van der Waals surface area contributed by atoms with Crippen LogP contribution in [0.4, 0.5) is 0 Å². The van der Waals surface area contributed by atoms with Gasteiger partial charge in [0.25, 0.3) is 0 Å². The summed E-state index contributed by atoms with van der Waals surface area (Å²) in [6.07, 6.45) is 9.56. The molecule has 1 aliphatic heterocycles. The predicted octanol–water partition coefficient (Wildman–Crippen LogP) is 2.37. The lowest BCUT2D eigenvalue weighted by molar-refractivity contribution is -0.155. The molecule has 1 unspecified atom stereocenters. The first-order valence-electron chi connectivity index (χ1n) is 13.1. The Morgan fingerprint density at radius 1 is 1.32 bits per heavy atom. The number of nitrogens with two attached hydrogens (primary N) is 1. The molecule has 1 saturated heterocycles. The summed E-state index contributed by atoms with van der Waals surface area (Å²) in [5.74, 6) is -0.872. The summed E-state index contributed by atoms with van der Waals surface area (Å²) < 4.78 is 5.26. The van der Waals surface area contributed by atoms with E-state index in [0.717, 1.165) is 12.8 Å². The fourth-order valence-corrected chi connectivity index (χ4v) is 5.21. The maximum Gasteiger partial charge on any atom is 0.245 e. The van der Waals surface area contributed by atoms with E-state index >= 15 is 0 Å². The number of hydrogen-bond donors (Lipinski definition) is 3. The second-order valence-electron chi connectivity index (χ2n) is 11.2. The number of methoxy groups -OCH3 is 1. The van der Waals surface area contributed by atoms with Gasteiger partial charge in [0.15, 0.2) is 0 Å². The van der Waals surface area contributed by atoms with E-state index in [4.69, 9.17) is 10.5 Å². The largest absolute Gasteiger partial charge is 0.497 e. The molecule has 3 atom stereocenters. The topological polar surface area (TPSA) is 142 Å². The number of piperidine rings is 1. The third-order valence-electron chi connectivity index (χ3n) is 7.62. The number of primary amides is 1. The number of amides is 4. The van der Waals surface area contributed by atoms with Gasteiger partial charge < -0.3 is 20.7 Å². The molecule has 1 heterocycles. The van der Waals surface area contributed by atoms with Gasteiger partial charge in [-0.15, -0.1) is 0 Å². The number of nitrogens with zero attached hydrogens (tertiary/aromatic N) is 2. The van der Waals surface area contributed by atoms with Gasteiger partial charge in [-0.25, -0.2) is 5.06 Å². The summed E-state index contributed by atoms with van der Waals surface area (Å²) in [7, 11) is 1.58. The number of rotatable bonds is 12. The second-order valence-corrected chi connectivity index (χ2v) is 11.2. The van der Waals surface area contributed by atoms with Gasteiger partial charge in [0.2, 0.25) is 24.1 Å². The number of likely N-dealkylation sites (tertiary alicyclic amines) is 1. The van der Waals surface area contributed by atoms with E-state index in [1.807, 2.05) is 39.8 Å². The number of hydroxylamine groups is 2. The van der Waals surface area contributed by atoms with Crippen LogP contribution in [-0.2, 0) is 23.9 Å². The summed E-state index contributed by atoms with van der Waals surface area (Å²) in [5, 5.41) is 13.0. The highest BCUT2D eigenvalue weighted by Crippen LogP contribution is 2.43. The summed E-state index contributed by atoms with van der Waals surface area (Å²) in [6, 6.07) is -0.782. The lowest BCUT2D eigenvalue weighted by atomic mass is 9.66. The molecule has 0 spiro atoms. The zero-order valence-corrected chi connectivity index (χ0v) is 22.9. The Morgan fingerprint density at radius 3 is 2.43 bits per heavy atom. The SMILES string of the molecule is CCCC[C@H](CN(O)C=O)C(=O)N[C@H](C(=O)N1CCC(C2(C(N)=O)C=CC(OC)=CC2)CC1)C(C)(C)C. The van der Waals surface area contributed by atoms with E-state index in [-0.39, 0.29) is 36.6 Å². The number of nitrogens with one attached hydrogen (secondary N) is 1. The van der Waals surface area contributed by atoms with Gasteiger partial charge in [0, 0.05) is 13.1 Å². The predicted molar refractivity (Wildman–Crippen MR) is 139 cm³/mol. The van der Waals surface area contributed by atoms with Crippen molar-refractivity contribution in [1.82, 2.24) is 15.3 Å². The molecule has 0 radical (unpaired) electrons. The lowest BCUT2D eigenvalue weighted by Crippen LogP contribution is -2.58. The quantitative estimate of drug-likeness (QED) is 0.205. The highest BCUT2D eigenvalue weighted by molar-refractivity contribution is 5.89. The van der Waals surface area contributed by atoms with Crippen molar-refractivity contribution < 1.29 is 29.1 Å². The minimum Gasteiger partial charge on any atom is -0.497 e. The molecule has 4 amide bonds. The van der Waals surface area contributed by atoms with E-state index in [2.05, 4.69) is 5.32 Å². The molecule has 4 N–H and O–H groups in total. The van der Waals surface area contributed by atoms with Crippen LogP contribution in [-0.4, -0.2) is 72.1 Å². The van der Waals surface area contributed by atoms with E-state index in [1.54, 1.807) is 18.1 Å². The Balaban J connectivity index is 2.12. The smallest absolute Gasteiger partial charge is 0.245 e. The van der Waals surface area contributed by atoms with Gasteiger partial charge in [-0.3, -0.25) is 24.4 Å². The Labute approximate surface area is 220 Å². The van der Waals surface area contributed by atoms with Crippen molar-refractivity contribution in [3.05, 3.63) is 24.0 Å². The molecule has 0 bridgehead atoms. The van der Waals surface area contributed by atoms with Crippen LogP contribution in [0.3, 0.4) is 0 Å². The zero-order valence-electron chi connectivity index (χ0n) is 22.9. The Kier molecular flexibility index (Phi) is 10.7. The van der Waals surface area contributed by atoms with Crippen LogP contribution in [0.1, 0.15) is 66.2 Å². The maximum absolute atomic E-state index is 13.6. The molecule has 2 rings (SSSR count). The summed E-state index contributed by atoms with van der Waals surface area (Å²) in [6.45, 7) is 8.43. The third-order valence-corrected chi connectivity index (χ3v) is 7.62. The molecule has 1 aliphatic carbocycles. The summed E-state index contributed by atoms with van der Waals surface area (Å²) >= 11 is 0. The lowest BCUT2D eigenvalue weighted by Gasteiger charge is -2.43. The van der Waals surface area contributed by atoms with Gasteiger partial charge in [0.1, 0.15) is 11.8 Å². The van der Waals surface area contributed by atoms with E-state index in [0.29, 0.717) is 49.6 Å². The monoisotopic (exact) mass is 520 g/mol. The molecule has 0 saturated carbocycles. The van der Waals surface area contributed by atoms with E-state index in [9.17, 15) is 24.4 Å². The fourth-order valence-electron chi connectivity index (χ4n) is 5.21. The van der Waals surface area contributed by atoms with Gasteiger partial charge in [-0.05, 0) is 49.2 Å². The highest BCUT2D eigenvalue weighted by atomic mass is 16.5. The van der Waals surface area contributed by atoms with E-state index in [1.165, 1.54) is 0 Å². The molecule has 0 aromatic carbocycles. The first-order chi connectivity index (χ1) is 17.4. The Morgan fingerprint density at radius 2 is 1.97 bits per heavy atom. The third kappa shape index (κ3) is 7.56. The van der Waals surface area contributed by atoms with Gasteiger partial charge in [-0.2, -0.15) is 0 Å². The highest BCUT2D eigenvalue weighted by Gasteiger charge is 2.45. The van der Waals surface area contributed by atoms with Crippen molar-refractivity contribution in [2.75, 3.05) is 26.7 Å². The molecule has 37 heavy (non-hydrogen) atoms. The molecule has 2 aliphatic rings. The van der Waals surface area contributed by atoms with Crippen LogP contribution in [0.15, 0.2) is 24.0 Å². The average molecular weight is 521 g/mol. The van der Waals surface area contributed by atoms with Crippen LogP contribution in [0.2, 0.25) is 0 Å². The number of hydrogen-bond acceptors (Lipinski definition) is 6. The van der Waals surface area contributed by atoms with Crippen LogP contribution < -0.4 is 11.1 Å². The summed E-state index contributed by atoms with van der Waals surface area (Å²) in [5.41, 5.74) is 4.48. The van der Waals surface area contributed by atoms with Gasteiger partial charge in [0.05, 0.1) is 25.0 Å². The zero-order chi connectivity index (χ0) is 27.8. The normalized spacial score (nSPS) is 22.0. The van der Waals surface area contributed by atoms with Crippen molar-refractivity contribution in [3.8, 4) is 0 Å². The first-order valence-corrected chi connectivity index (χ1v) is 13.1. The molecular weight excluding hydrogens is 476 g/mol. The van der Waals surface area contributed by atoms with Crippen molar-refractivity contribution in [1.29, 1.82) is 0 Å². The molecule has 10 heteroatoms. The fraction of sp³-hybridized carbons (Fsp3) is 0.704. The molecule has 0 aromatic rings. The van der Waals surface area contributed by atoms with Crippen molar-refractivity contribution >= 4 is 24.1 Å². The van der Waals surface area contributed by atoms with Gasteiger partial charge >= 0.3 is 0 Å². The molecule has 10 nitrogen and oxygen atoms in total. The molecule has 208 valence electrons. The van der Waals surface area contributed by atoms with Crippen molar-refractivity contribution in [3.63, 3.8) is 0 Å². The van der Waals surface area contributed by atoms with Crippen LogP contribution in [0.25, 0.3) is 0 Å². The average Bonchev–Trinajstić information content (AvgIpc) is 2.88. The number of carbonyl (C=O) groups is 4. The first kappa shape index (κ1) is 30.3. The van der Waals surface area contributed by atoms with Crippen LogP contribution >= 0.6 is 0 Å². The standard InChI is InChI=1S/C27H44N4O6/c1-6-7-8-19(17-31(36)18-32)23(33)29-22(26(2,3)4)24(34)30-15-11-20(12-16-30)27(25(28)35)13-9-21(37-5)10-14-27/h9-10,13,18-20,22,36H,6-8,11-12,14-17H2,1-5H3,(H2,28,35)(H,29,33)/t19-,22-,27?/m1/s1. The number of allylic oxidation sites excluding steroid dienone is 2. The molecule has 1 fully saturated rings. The maximum atomic E-state index is 13.6. The Bertz CT molecular complexity index is 888. The summed E-state index contributed by atoms with van der Waals surface area (Å²) in [4.78, 5) is 52.0. The number of carbonyl (C=O) groups excluding carboxylic acids is 4. The molecule has 0 aromatic heterocycles. The van der Waals surface area contributed by atoms with Crippen molar-refractivity contribution in [2.24, 2.45) is 28.4 Å². The molecular formula is C27H44N4O6. The number of unbranched alkanes of at least 4 members (excludes halogenated alkanes) is 1. The van der Waals surface area contributed by atoms with Crippen LogP contribution in [0, 0.1) is 22.7 Å². The second kappa shape index (κ2) is 13.1. The minimum absolute atomic E-state index is 0.0139. The Hall–Kier alpha value is -2.88. The van der Waals surface area contributed by atoms with Crippen LogP contribution in [0.5, 0.6) is 0 Å². The number of ether oxygens (including phenoxy) is 1. The van der Waals surface area contributed by atoms with Gasteiger partial charge in [-0.1, -0.05) is 46.6 Å². The minimum atomic E-state index is -0.809. The van der Waals surface area contributed by atoms with E-state index < -0.39 is 22.8 Å².